The second-order valence-electron chi connectivity index (χ2n) is 5.97. The van der Waals surface area contributed by atoms with Crippen LogP contribution in [0.3, 0.4) is 0 Å². The fraction of sp³-hybridized carbons (Fsp3) is 0.353. The highest BCUT2D eigenvalue weighted by Crippen LogP contribution is 2.20. The standard InChI is InChI=1S/C17H20N4O/c1-11(2)16(22)9-14-10-21(20-19-14)15-6-4-5-13-8-7-12(3)18-17(13)15/h4-8,10-11,16,22H,9H2,1-3H3. The third kappa shape index (κ3) is 2.85. The largest absolute Gasteiger partial charge is 0.392 e. The van der Waals surface area contributed by atoms with E-state index >= 15 is 0 Å². The molecule has 0 aliphatic carbocycles. The van der Waals surface area contributed by atoms with Gasteiger partial charge in [-0.15, -0.1) is 5.10 Å². The molecule has 1 N–H and O–H groups in total. The zero-order chi connectivity index (χ0) is 15.7. The monoisotopic (exact) mass is 296 g/mol. The molecule has 0 aliphatic heterocycles. The molecule has 0 aliphatic rings. The van der Waals surface area contributed by atoms with E-state index in [4.69, 9.17) is 0 Å². The number of pyridine rings is 1. The molecule has 22 heavy (non-hydrogen) atoms. The van der Waals surface area contributed by atoms with Gasteiger partial charge in [-0.1, -0.05) is 37.3 Å². The molecular formula is C17H20N4O. The number of benzene rings is 1. The molecule has 3 rings (SSSR count). The van der Waals surface area contributed by atoms with Crippen molar-refractivity contribution >= 4 is 10.9 Å². The number of rotatable bonds is 4. The van der Waals surface area contributed by atoms with Crippen molar-refractivity contribution in [1.29, 1.82) is 0 Å². The summed E-state index contributed by atoms with van der Waals surface area (Å²) in [5.41, 5.74) is 3.56. The topological polar surface area (TPSA) is 63.8 Å². The molecule has 0 radical (unpaired) electrons. The Bertz CT molecular complexity index is 794. The van der Waals surface area contributed by atoms with Crippen molar-refractivity contribution in [3.05, 3.63) is 47.9 Å². The van der Waals surface area contributed by atoms with Crippen molar-refractivity contribution in [3.63, 3.8) is 0 Å². The Balaban J connectivity index is 1.98. The van der Waals surface area contributed by atoms with E-state index in [0.29, 0.717) is 6.42 Å². The molecule has 2 heterocycles. The smallest absolute Gasteiger partial charge is 0.0962 e. The highest BCUT2D eigenvalue weighted by Gasteiger charge is 2.14. The number of aliphatic hydroxyl groups excluding tert-OH is 1. The number of nitrogens with zero attached hydrogens (tertiary/aromatic N) is 4. The van der Waals surface area contributed by atoms with Crippen LogP contribution < -0.4 is 0 Å². The van der Waals surface area contributed by atoms with E-state index < -0.39 is 6.10 Å². The first kappa shape index (κ1) is 14.7. The van der Waals surface area contributed by atoms with Gasteiger partial charge < -0.3 is 5.11 Å². The second kappa shape index (κ2) is 5.85. The van der Waals surface area contributed by atoms with Gasteiger partial charge in [-0.05, 0) is 25.0 Å². The molecule has 1 atom stereocenters. The number of hydrogen-bond acceptors (Lipinski definition) is 4. The van der Waals surface area contributed by atoms with Crippen LogP contribution in [0, 0.1) is 12.8 Å². The molecule has 0 saturated heterocycles. The molecule has 1 aromatic carbocycles. The lowest BCUT2D eigenvalue weighted by Gasteiger charge is -2.11. The number of para-hydroxylation sites is 1. The van der Waals surface area contributed by atoms with Crippen LogP contribution in [-0.2, 0) is 6.42 Å². The number of aryl methyl sites for hydroxylation is 1. The Morgan fingerprint density at radius 3 is 2.77 bits per heavy atom. The summed E-state index contributed by atoms with van der Waals surface area (Å²) in [6.45, 7) is 5.96. The summed E-state index contributed by atoms with van der Waals surface area (Å²) < 4.78 is 1.73. The van der Waals surface area contributed by atoms with Crippen LogP contribution >= 0.6 is 0 Å². The second-order valence-corrected chi connectivity index (χ2v) is 5.97. The lowest BCUT2D eigenvalue weighted by Crippen LogP contribution is -2.17. The molecule has 0 saturated carbocycles. The first-order valence-corrected chi connectivity index (χ1v) is 7.50. The zero-order valence-electron chi connectivity index (χ0n) is 13.1. The zero-order valence-corrected chi connectivity index (χ0v) is 13.1. The Hall–Kier alpha value is -2.27. The van der Waals surface area contributed by atoms with Crippen molar-refractivity contribution in [2.45, 2.75) is 33.3 Å². The van der Waals surface area contributed by atoms with Crippen LogP contribution in [0.5, 0.6) is 0 Å². The predicted octanol–water partition coefficient (Wildman–Crippen LogP) is 2.68. The van der Waals surface area contributed by atoms with Crippen molar-refractivity contribution in [1.82, 2.24) is 20.0 Å². The van der Waals surface area contributed by atoms with Gasteiger partial charge in [0, 0.05) is 17.5 Å². The van der Waals surface area contributed by atoms with Crippen molar-refractivity contribution in [3.8, 4) is 5.69 Å². The maximum absolute atomic E-state index is 9.98. The first-order valence-electron chi connectivity index (χ1n) is 7.50. The summed E-state index contributed by atoms with van der Waals surface area (Å²) in [5.74, 6) is 0.201. The highest BCUT2D eigenvalue weighted by molar-refractivity contribution is 5.86. The molecule has 2 aromatic heterocycles. The van der Waals surface area contributed by atoms with Gasteiger partial charge in [0.2, 0.25) is 0 Å². The van der Waals surface area contributed by atoms with Gasteiger partial charge >= 0.3 is 0 Å². The minimum Gasteiger partial charge on any atom is -0.392 e. The third-order valence-electron chi connectivity index (χ3n) is 3.81. The van der Waals surface area contributed by atoms with Gasteiger partial charge in [0.25, 0.3) is 0 Å². The Morgan fingerprint density at radius 2 is 2.00 bits per heavy atom. The molecule has 0 amide bonds. The lowest BCUT2D eigenvalue weighted by molar-refractivity contribution is 0.124. The van der Waals surface area contributed by atoms with E-state index in [1.54, 1.807) is 4.68 Å². The summed E-state index contributed by atoms with van der Waals surface area (Å²) in [5, 5.41) is 19.4. The Morgan fingerprint density at radius 1 is 1.18 bits per heavy atom. The van der Waals surface area contributed by atoms with E-state index in [0.717, 1.165) is 28.0 Å². The van der Waals surface area contributed by atoms with Crippen LogP contribution in [0.2, 0.25) is 0 Å². The average Bonchev–Trinajstić information content (AvgIpc) is 2.94. The first-order chi connectivity index (χ1) is 10.5. The predicted molar refractivity (Wildman–Crippen MR) is 85.9 cm³/mol. The van der Waals surface area contributed by atoms with Gasteiger partial charge in [-0.2, -0.15) is 0 Å². The molecule has 114 valence electrons. The van der Waals surface area contributed by atoms with Gasteiger partial charge in [0.05, 0.1) is 29.2 Å². The van der Waals surface area contributed by atoms with Crippen LogP contribution in [0.15, 0.2) is 36.5 Å². The maximum atomic E-state index is 9.98. The summed E-state index contributed by atoms with van der Waals surface area (Å²) in [4.78, 5) is 4.61. The van der Waals surface area contributed by atoms with Crippen LogP contribution in [0.1, 0.15) is 25.2 Å². The molecule has 0 spiro atoms. The number of aromatic nitrogens is 4. The minimum atomic E-state index is -0.405. The van der Waals surface area contributed by atoms with E-state index in [2.05, 4.69) is 21.4 Å². The van der Waals surface area contributed by atoms with E-state index in [1.165, 1.54) is 0 Å². The highest BCUT2D eigenvalue weighted by atomic mass is 16.3. The van der Waals surface area contributed by atoms with Gasteiger partial charge in [-0.25, -0.2) is 4.68 Å². The summed E-state index contributed by atoms with van der Waals surface area (Å²) in [7, 11) is 0. The van der Waals surface area contributed by atoms with Gasteiger partial charge in [-0.3, -0.25) is 4.98 Å². The number of hydrogen-bond donors (Lipinski definition) is 1. The van der Waals surface area contributed by atoms with E-state index in [9.17, 15) is 5.11 Å². The van der Waals surface area contributed by atoms with Crippen LogP contribution in [0.25, 0.3) is 16.6 Å². The van der Waals surface area contributed by atoms with Crippen LogP contribution in [-0.4, -0.2) is 31.2 Å². The maximum Gasteiger partial charge on any atom is 0.0962 e. The molecule has 0 bridgehead atoms. The van der Waals surface area contributed by atoms with Crippen LogP contribution in [0.4, 0.5) is 0 Å². The van der Waals surface area contributed by atoms with E-state index in [1.807, 2.05) is 51.2 Å². The Kier molecular flexibility index (Phi) is 3.90. The SMILES string of the molecule is Cc1ccc2cccc(-n3cc(CC(O)C(C)C)nn3)c2n1. The minimum absolute atomic E-state index is 0.201. The average molecular weight is 296 g/mol. The molecule has 5 heteroatoms. The van der Waals surface area contributed by atoms with Crippen molar-refractivity contribution < 1.29 is 5.11 Å². The summed E-state index contributed by atoms with van der Waals surface area (Å²) >= 11 is 0. The summed E-state index contributed by atoms with van der Waals surface area (Å²) in [6.07, 6.45) is 1.97. The van der Waals surface area contributed by atoms with Crippen molar-refractivity contribution in [2.24, 2.45) is 5.92 Å². The third-order valence-corrected chi connectivity index (χ3v) is 3.81. The van der Waals surface area contributed by atoms with E-state index in [-0.39, 0.29) is 5.92 Å². The quantitative estimate of drug-likeness (QED) is 0.804. The lowest BCUT2D eigenvalue weighted by atomic mass is 10.0. The van der Waals surface area contributed by atoms with Crippen molar-refractivity contribution in [2.75, 3.05) is 0 Å². The van der Waals surface area contributed by atoms with Gasteiger partial charge in [0.15, 0.2) is 0 Å². The molecular weight excluding hydrogens is 276 g/mol. The number of fused-ring (bicyclic) bond motifs is 1. The normalized spacial score (nSPS) is 13.0. The molecule has 0 fully saturated rings. The fourth-order valence-corrected chi connectivity index (χ4v) is 2.37. The molecule has 5 nitrogen and oxygen atoms in total. The van der Waals surface area contributed by atoms with Gasteiger partial charge in [0.1, 0.15) is 0 Å². The molecule has 3 aromatic rings. The molecule has 1 unspecified atom stereocenters. The summed E-state index contributed by atoms with van der Waals surface area (Å²) in [6, 6.07) is 10.1. The number of aliphatic hydroxyl groups is 1. The fourth-order valence-electron chi connectivity index (χ4n) is 2.37. The Labute approximate surface area is 129 Å².